The van der Waals surface area contributed by atoms with Crippen LogP contribution in [0, 0.1) is 6.92 Å². The van der Waals surface area contributed by atoms with Crippen LogP contribution in [0.2, 0.25) is 0 Å². The zero-order valence-corrected chi connectivity index (χ0v) is 11.1. The van der Waals surface area contributed by atoms with E-state index in [0.29, 0.717) is 11.8 Å². The van der Waals surface area contributed by atoms with E-state index in [0.717, 1.165) is 30.9 Å². The fraction of sp³-hybridized carbons (Fsp3) is 0.429. The van der Waals surface area contributed by atoms with E-state index in [9.17, 15) is 0 Å². The Morgan fingerprint density at radius 1 is 1.32 bits per heavy atom. The van der Waals surface area contributed by atoms with Crippen LogP contribution in [0.1, 0.15) is 36.7 Å². The Balaban J connectivity index is 1.76. The molecular weight excluding hydrogens is 242 g/mol. The van der Waals surface area contributed by atoms with Gasteiger partial charge in [0.05, 0.1) is 6.61 Å². The second-order valence-electron chi connectivity index (χ2n) is 4.80. The van der Waals surface area contributed by atoms with Crippen LogP contribution >= 0.6 is 0 Å². The summed E-state index contributed by atoms with van der Waals surface area (Å²) in [5, 5.41) is 11.2. The molecule has 0 saturated carbocycles. The van der Waals surface area contributed by atoms with Crippen molar-refractivity contribution in [1.82, 2.24) is 10.2 Å². The number of ether oxygens (including phenoxy) is 1. The van der Waals surface area contributed by atoms with E-state index < -0.39 is 0 Å². The summed E-state index contributed by atoms with van der Waals surface area (Å²) in [6.07, 6.45) is 2.15. The molecule has 0 aliphatic carbocycles. The predicted molar refractivity (Wildman–Crippen MR) is 71.3 cm³/mol. The lowest BCUT2D eigenvalue weighted by molar-refractivity contribution is 0.288. The topological polar surface area (TPSA) is 60.2 Å². The molecule has 0 spiro atoms. The summed E-state index contributed by atoms with van der Waals surface area (Å²) in [4.78, 5) is 0. The van der Waals surface area contributed by atoms with Gasteiger partial charge in [0.1, 0.15) is 11.8 Å². The highest BCUT2D eigenvalue weighted by atomic mass is 16.5. The van der Waals surface area contributed by atoms with Crippen LogP contribution in [-0.4, -0.2) is 16.8 Å². The Hall–Kier alpha value is -2.04. The predicted octanol–water partition coefficient (Wildman–Crippen LogP) is 2.88. The second-order valence-corrected chi connectivity index (χ2v) is 4.80. The van der Waals surface area contributed by atoms with Gasteiger partial charge in [-0.1, -0.05) is 0 Å². The number of benzene rings is 1. The van der Waals surface area contributed by atoms with E-state index in [2.05, 4.69) is 21.6 Å². The fourth-order valence-corrected chi connectivity index (χ4v) is 2.25. The minimum absolute atomic E-state index is 0.0104. The van der Waals surface area contributed by atoms with Crippen molar-refractivity contribution in [1.29, 1.82) is 0 Å². The van der Waals surface area contributed by atoms with Gasteiger partial charge in [0.2, 0.25) is 11.8 Å². The number of fused-ring (bicyclic) bond motifs is 1. The SMILES string of the molecule is Cc1nnc(C(C)Nc2ccc3c(c2)CCCO3)o1. The minimum Gasteiger partial charge on any atom is -0.493 e. The lowest BCUT2D eigenvalue weighted by Gasteiger charge is -2.19. The van der Waals surface area contributed by atoms with Crippen LogP contribution in [0.15, 0.2) is 22.6 Å². The normalized spacial score (nSPS) is 15.5. The van der Waals surface area contributed by atoms with Crippen LogP contribution in [0.3, 0.4) is 0 Å². The first-order valence-electron chi connectivity index (χ1n) is 6.54. The van der Waals surface area contributed by atoms with E-state index in [1.807, 2.05) is 19.1 Å². The number of aryl methyl sites for hydroxylation is 2. The van der Waals surface area contributed by atoms with Gasteiger partial charge in [-0.3, -0.25) is 0 Å². The molecule has 1 unspecified atom stereocenters. The Kier molecular flexibility index (Phi) is 3.11. The number of rotatable bonds is 3. The first-order chi connectivity index (χ1) is 9.22. The first kappa shape index (κ1) is 12.0. The van der Waals surface area contributed by atoms with Gasteiger partial charge in [-0.25, -0.2) is 0 Å². The number of hydrogen-bond acceptors (Lipinski definition) is 5. The molecule has 1 aliphatic rings. The smallest absolute Gasteiger partial charge is 0.238 e. The van der Waals surface area contributed by atoms with Crippen LogP contribution in [-0.2, 0) is 6.42 Å². The van der Waals surface area contributed by atoms with Gasteiger partial charge in [-0.15, -0.1) is 10.2 Å². The van der Waals surface area contributed by atoms with E-state index >= 15 is 0 Å². The number of nitrogens with zero attached hydrogens (tertiary/aromatic N) is 2. The van der Waals surface area contributed by atoms with Gasteiger partial charge >= 0.3 is 0 Å². The van der Waals surface area contributed by atoms with E-state index in [-0.39, 0.29) is 6.04 Å². The highest BCUT2D eigenvalue weighted by molar-refractivity contribution is 5.52. The molecule has 1 aromatic heterocycles. The van der Waals surface area contributed by atoms with Gasteiger partial charge < -0.3 is 14.5 Å². The molecule has 0 bridgehead atoms. The lowest BCUT2D eigenvalue weighted by atomic mass is 10.1. The third-order valence-electron chi connectivity index (χ3n) is 3.20. The Morgan fingerprint density at radius 2 is 2.21 bits per heavy atom. The summed E-state index contributed by atoms with van der Waals surface area (Å²) >= 11 is 0. The average Bonchev–Trinajstić information content (AvgIpc) is 2.85. The number of nitrogens with one attached hydrogen (secondary N) is 1. The molecule has 0 amide bonds. The molecule has 5 nitrogen and oxygen atoms in total. The van der Waals surface area contributed by atoms with Crippen LogP contribution in [0.5, 0.6) is 5.75 Å². The summed E-state index contributed by atoms with van der Waals surface area (Å²) in [6.45, 7) is 4.61. The van der Waals surface area contributed by atoms with Crippen molar-refractivity contribution in [2.45, 2.75) is 32.7 Å². The van der Waals surface area contributed by atoms with Crippen molar-refractivity contribution < 1.29 is 9.15 Å². The first-order valence-corrected chi connectivity index (χ1v) is 6.54. The highest BCUT2D eigenvalue weighted by Gasteiger charge is 2.14. The molecule has 1 aromatic carbocycles. The number of anilines is 1. The van der Waals surface area contributed by atoms with Gasteiger partial charge in [-0.2, -0.15) is 0 Å². The molecular formula is C14H17N3O2. The molecule has 1 atom stereocenters. The standard InChI is InChI=1S/C14H17N3O2/c1-9(14-17-16-10(2)19-14)15-12-5-6-13-11(8-12)4-3-7-18-13/h5-6,8-9,15H,3-4,7H2,1-2H3. The Labute approximate surface area is 112 Å². The summed E-state index contributed by atoms with van der Waals surface area (Å²) < 4.78 is 11.0. The largest absolute Gasteiger partial charge is 0.493 e. The van der Waals surface area contributed by atoms with Crippen LogP contribution < -0.4 is 10.1 Å². The third kappa shape index (κ3) is 2.54. The zero-order chi connectivity index (χ0) is 13.2. The van der Waals surface area contributed by atoms with Crippen molar-refractivity contribution in [3.05, 3.63) is 35.5 Å². The molecule has 1 aliphatic heterocycles. The summed E-state index contributed by atoms with van der Waals surface area (Å²) in [7, 11) is 0. The molecule has 0 fully saturated rings. The van der Waals surface area contributed by atoms with Gasteiger partial charge in [0, 0.05) is 12.6 Å². The summed E-state index contributed by atoms with van der Waals surface area (Å²) in [6, 6.07) is 6.16. The monoisotopic (exact) mass is 259 g/mol. The molecule has 1 N–H and O–H groups in total. The van der Waals surface area contributed by atoms with Crippen LogP contribution in [0.25, 0.3) is 0 Å². The van der Waals surface area contributed by atoms with E-state index in [1.165, 1.54) is 5.56 Å². The lowest BCUT2D eigenvalue weighted by Crippen LogP contribution is -2.10. The van der Waals surface area contributed by atoms with Crippen molar-refractivity contribution in [3.63, 3.8) is 0 Å². The maximum atomic E-state index is 5.60. The van der Waals surface area contributed by atoms with Crippen LogP contribution in [0.4, 0.5) is 5.69 Å². The fourth-order valence-electron chi connectivity index (χ4n) is 2.25. The van der Waals surface area contributed by atoms with E-state index in [4.69, 9.17) is 9.15 Å². The van der Waals surface area contributed by atoms with E-state index in [1.54, 1.807) is 6.92 Å². The summed E-state index contributed by atoms with van der Waals surface area (Å²) in [5.74, 6) is 2.19. The summed E-state index contributed by atoms with van der Waals surface area (Å²) in [5.41, 5.74) is 2.30. The van der Waals surface area contributed by atoms with Crippen molar-refractivity contribution in [2.24, 2.45) is 0 Å². The number of hydrogen-bond donors (Lipinski definition) is 1. The van der Waals surface area contributed by atoms with Crippen molar-refractivity contribution in [3.8, 4) is 5.75 Å². The second kappa shape index (κ2) is 4.91. The maximum absolute atomic E-state index is 5.60. The zero-order valence-electron chi connectivity index (χ0n) is 11.1. The van der Waals surface area contributed by atoms with Gasteiger partial charge in [0.15, 0.2) is 0 Å². The molecule has 5 heteroatoms. The maximum Gasteiger partial charge on any atom is 0.238 e. The Morgan fingerprint density at radius 3 is 3.00 bits per heavy atom. The third-order valence-corrected chi connectivity index (χ3v) is 3.20. The Bertz CT molecular complexity index is 580. The minimum atomic E-state index is -0.0104. The molecule has 0 radical (unpaired) electrons. The quantitative estimate of drug-likeness (QED) is 0.918. The number of aromatic nitrogens is 2. The molecule has 2 aromatic rings. The van der Waals surface area contributed by atoms with Gasteiger partial charge in [-0.05, 0) is 43.5 Å². The van der Waals surface area contributed by atoms with Gasteiger partial charge in [0.25, 0.3) is 0 Å². The molecule has 19 heavy (non-hydrogen) atoms. The average molecular weight is 259 g/mol. The molecule has 3 rings (SSSR count). The molecule has 0 saturated heterocycles. The van der Waals surface area contributed by atoms with Crippen molar-refractivity contribution >= 4 is 5.69 Å². The highest BCUT2D eigenvalue weighted by Crippen LogP contribution is 2.29. The van der Waals surface area contributed by atoms with Crippen molar-refractivity contribution in [2.75, 3.05) is 11.9 Å². The molecule has 100 valence electrons. The molecule has 2 heterocycles.